The van der Waals surface area contributed by atoms with E-state index in [0.717, 1.165) is 12.1 Å². The van der Waals surface area contributed by atoms with Gasteiger partial charge in [-0.1, -0.05) is 6.07 Å². The number of alkyl halides is 3. The Kier molecular flexibility index (Phi) is 7.64. The fraction of sp³-hybridized carbons (Fsp3) is 0.167. The van der Waals surface area contributed by atoms with Gasteiger partial charge in [-0.05, 0) is 46.3 Å². The van der Waals surface area contributed by atoms with E-state index in [2.05, 4.69) is 26.3 Å². The lowest BCUT2D eigenvalue weighted by Crippen LogP contribution is -2.24. The van der Waals surface area contributed by atoms with Gasteiger partial charge in [0.2, 0.25) is 0 Å². The van der Waals surface area contributed by atoms with Crippen molar-refractivity contribution >= 4 is 39.8 Å². The molecule has 0 spiro atoms. The molecule has 0 aliphatic rings. The van der Waals surface area contributed by atoms with E-state index < -0.39 is 30.3 Å². The highest BCUT2D eigenvalue weighted by atomic mass is 79.9. The number of nitrogens with one attached hydrogen (secondary N) is 2. The van der Waals surface area contributed by atoms with Gasteiger partial charge in [-0.2, -0.15) is 18.3 Å². The summed E-state index contributed by atoms with van der Waals surface area (Å²) in [5, 5.41) is 5.97. The third kappa shape index (κ3) is 6.65. The first-order chi connectivity index (χ1) is 14.1. The monoisotopic (exact) mass is 488 g/mol. The van der Waals surface area contributed by atoms with Crippen molar-refractivity contribution in [1.82, 2.24) is 5.43 Å². The molecule has 0 bridgehead atoms. The number of ether oxygens (including phenoxy) is 2. The van der Waals surface area contributed by atoms with E-state index in [9.17, 15) is 22.8 Å². The highest BCUT2D eigenvalue weighted by Gasteiger charge is 2.30. The minimum Gasteiger partial charge on any atom is -0.493 e. The smallest absolute Gasteiger partial charge is 0.416 e. The Balaban J connectivity index is 2.06. The van der Waals surface area contributed by atoms with Crippen molar-refractivity contribution in [3.63, 3.8) is 0 Å². The van der Waals surface area contributed by atoms with E-state index in [1.54, 1.807) is 0 Å². The molecule has 2 aromatic carbocycles. The van der Waals surface area contributed by atoms with Crippen LogP contribution >= 0.6 is 15.9 Å². The van der Waals surface area contributed by atoms with Crippen molar-refractivity contribution in [2.75, 3.05) is 19.0 Å². The number of nitrogens with two attached hydrogens (primary N) is 1. The molecular formula is C18H16BrF3N4O4. The maximum absolute atomic E-state index is 12.8. The van der Waals surface area contributed by atoms with Crippen molar-refractivity contribution in [2.45, 2.75) is 6.18 Å². The molecule has 0 aromatic heterocycles. The van der Waals surface area contributed by atoms with Gasteiger partial charge in [0.05, 0.1) is 18.9 Å². The molecule has 0 saturated heterocycles. The number of benzene rings is 2. The molecule has 0 saturated carbocycles. The minimum absolute atomic E-state index is 0.0138. The van der Waals surface area contributed by atoms with Crippen LogP contribution in [0, 0.1) is 0 Å². The fourth-order valence-electron chi connectivity index (χ4n) is 2.20. The lowest BCUT2D eigenvalue weighted by atomic mass is 10.2. The van der Waals surface area contributed by atoms with Gasteiger partial charge in [-0.3, -0.25) is 4.79 Å². The number of nitrogens with zero attached hydrogens (tertiary/aromatic N) is 1. The zero-order valence-electron chi connectivity index (χ0n) is 15.4. The third-order valence-electron chi connectivity index (χ3n) is 3.49. The van der Waals surface area contributed by atoms with Gasteiger partial charge < -0.3 is 20.5 Å². The SMILES string of the molecule is COc1cc(C=NNC(N)=O)c(Br)cc1OCC(=O)Nc1cccc(C(F)(F)F)c1. The van der Waals surface area contributed by atoms with Crippen molar-refractivity contribution in [1.29, 1.82) is 0 Å². The summed E-state index contributed by atoms with van der Waals surface area (Å²) in [6.45, 7) is -0.476. The first-order valence-electron chi connectivity index (χ1n) is 8.16. The normalized spacial score (nSPS) is 11.2. The third-order valence-corrected chi connectivity index (χ3v) is 4.18. The van der Waals surface area contributed by atoms with Crippen LogP contribution in [0.1, 0.15) is 11.1 Å². The van der Waals surface area contributed by atoms with Crippen molar-refractivity contribution in [3.05, 3.63) is 52.0 Å². The first-order valence-corrected chi connectivity index (χ1v) is 8.95. The molecule has 4 N–H and O–H groups in total. The molecule has 0 atom stereocenters. The lowest BCUT2D eigenvalue weighted by molar-refractivity contribution is -0.137. The molecular weight excluding hydrogens is 473 g/mol. The molecule has 0 heterocycles. The van der Waals surface area contributed by atoms with Crippen LogP contribution in [-0.4, -0.2) is 31.9 Å². The van der Waals surface area contributed by atoms with Gasteiger partial charge in [-0.15, -0.1) is 0 Å². The summed E-state index contributed by atoms with van der Waals surface area (Å²) < 4.78 is 49.4. The van der Waals surface area contributed by atoms with Crippen LogP contribution in [0.2, 0.25) is 0 Å². The van der Waals surface area contributed by atoms with Gasteiger partial charge >= 0.3 is 12.2 Å². The Morgan fingerprint density at radius 3 is 2.60 bits per heavy atom. The number of anilines is 1. The van der Waals surface area contributed by atoms with Crippen LogP contribution in [0.3, 0.4) is 0 Å². The highest BCUT2D eigenvalue weighted by molar-refractivity contribution is 9.10. The Hall–Kier alpha value is -3.28. The zero-order valence-corrected chi connectivity index (χ0v) is 17.0. The topological polar surface area (TPSA) is 115 Å². The Bertz CT molecular complexity index is 967. The molecule has 3 amide bonds. The maximum atomic E-state index is 12.8. The van der Waals surface area contributed by atoms with Gasteiger partial charge in [0.1, 0.15) is 0 Å². The molecule has 160 valence electrons. The highest BCUT2D eigenvalue weighted by Crippen LogP contribution is 2.33. The Morgan fingerprint density at radius 2 is 1.97 bits per heavy atom. The molecule has 0 fully saturated rings. The Labute approximate surface area is 177 Å². The number of amides is 3. The van der Waals surface area contributed by atoms with Gasteiger partial charge in [0.25, 0.3) is 5.91 Å². The number of rotatable bonds is 7. The van der Waals surface area contributed by atoms with Crippen LogP contribution < -0.4 is 25.9 Å². The van der Waals surface area contributed by atoms with Gasteiger partial charge in [-0.25, -0.2) is 10.2 Å². The molecule has 0 unspecified atom stereocenters. The summed E-state index contributed by atoms with van der Waals surface area (Å²) in [4.78, 5) is 22.7. The van der Waals surface area contributed by atoms with Crippen LogP contribution in [0.25, 0.3) is 0 Å². The van der Waals surface area contributed by atoms with E-state index in [1.807, 2.05) is 5.43 Å². The molecule has 8 nitrogen and oxygen atoms in total. The number of carbonyl (C=O) groups excluding carboxylic acids is 2. The molecule has 2 rings (SSSR count). The number of urea groups is 1. The van der Waals surface area contributed by atoms with E-state index in [1.165, 1.54) is 37.6 Å². The molecule has 30 heavy (non-hydrogen) atoms. The summed E-state index contributed by atoms with van der Waals surface area (Å²) in [5.74, 6) is -0.210. The molecule has 2 aromatic rings. The summed E-state index contributed by atoms with van der Waals surface area (Å²) >= 11 is 3.29. The van der Waals surface area contributed by atoms with E-state index in [0.29, 0.717) is 10.0 Å². The average molecular weight is 489 g/mol. The first kappa shape index (κ1) is 23.0. The molecule has 0 aliphatic heterocycles. The quantitative estimate of drug-likeness (QED) is 0.408. The van der Waals surface area contributed by atoms with Crippen LogP contribution in [0.15, 0.2) is 46.0 Å². The number of hydrogen-bond acceptors (Lipinski definition) is 5. The van der Waals surface area contributed by atoms with Gasteiger partial charge in [0, 0.05) is 15.7 Å². The Morgan fingerprint density at radius 1 is 1.23 bits per heavy atom. The zero-order chi connectivity index (χ0) is 22.3. The summed E-state index contributed by atoms with van der Waals surface area (Å²) in [6.07, 6.45) is -3.21. The number of primary amides is 1. The number of halogens is 4. The fourth-order valence-corrected chi connectivity index (χ4v) is 2.63. The van der Waals surface area contributed by atoms with Crippen molar-refractivity contribution < 1.29 is 32.2 Å². The lowest BCUT2D eigenvalue weighted by Gasteiger charge is -2.13. The van der Waals surface area contributed by atoms with Gasteiger partial charge in [0.15, 0.2) is 18.1 Å². The number of carbonyl (C=O) groups is 2. The standard InChI is InChI=1S/C18H16BrF3N4O4/c1-29-14-5-10(8-24-26-17(23)28)13(19)7-15(14)30-9-16(27)25-12-4-2-3-11(6-12)18(20,21)22/h2-8H,9H2,1H3,(H,25,27)(H3,23,26,28). The largest absolute Gasteiger partial charge is 0.493 e. The predicted molar refractivity (Wildman–Crippen MR) is 107 cm³/mol. The average Bonchev–Trinajstić information content (AvgIpc) is 2.67. The van der Waals surface area contributed by atoms with Crippen LogP contribution in [-0.2, 0) is 11.0 Å². The summed E-state index contributed by atoms with van der Waals surface area (Å²) in [7, 11) is 1.38. The van der Waals surface area contributed by atoms with E-state index in [-0.39, 0.29) is 17.2 Å². The molecule has 0 radical (unpaired) electrons. The van der Waals surface area contributed by atoms with E-state index >= 15 is 0 Å². The minimum atomic E-state index is -4.52. The molecule has 0 aliphatic carbocycles. The van der Waals surface area contributed by atoms with E-state index in [4.69, 9.17) is 15.2 Å². The summed E-state index contributed by atoms with van der Waals surface area (Å²) in [5.41, 5.74) is 6.58. The predicted octanol–water partition coefficient (Wildman–Crippen LogP) is 3.50. The molecule has 12 heteroatoms. The second kappa shape index (κ2) is 9.96. The summed E-state index contributed by atoms with van der Waals surface area (Å²) in [6, 6.07) is 6.44. The number of hydrogen-bond donors (Lipinski definition) is 3. The number of methoxy groups -OCH3 is 1. The van der Waals surface area contributed by atoms with Crippen LogP contribution in [0.4, 0.5) is 23.7 Å². The van der Waals surface area contributed by atoms with Crippen molar-refractivity contribution in [3.8, 4) is 11.5 Å². The second-order valence-electron chi connectivity index (χ2n) is 5.67. The number of hydrazone groups is 1. The van der Waals surface area contributed by atoms with Crippen LogP contribution in [0.5, 0.6) is 11.5 Å². The maximum Gasteiger partial charge on any atom is 0.416 e. The second-order valence-corrected chi connectivity index (χ2v) is 6.53. The van der Waals surface area contributed by atoms with Crippen molar-refractivity contribution in [2.24, 2.45) is 10.8 Å².